The quantitative estimate of drug-likeness (QED) is 0.0604. The molecule has 0 saturated heterocycles. The van der Waals surface area contributed by atoms with Crippen molar-refractivity contribution in [2.75, 3.05) is 13.2 Å². The summed E-state index contributed by atoms with van der Waals surface area (Å²) in [5.74, 6) is 0.324. The third kappa shape index (κ3) is 44.2. The van der Waals surface area contributed by atoms with Crippen molar-refractivity contribution in [3.8, 4) is 0 Å². The van der Waals surface area contributed by atoms with Crippen LogP contribution in [0.25, 0.3) is 0 Å². The van der Waals surface area contributed by atoms with E-state index in [9.17, 15) is 4.79 Å². The SMILES string of the molecule is CCCCC(C=O)CC.CCCCCCCCCCO.CCCCCCCCCCO/C=C(\CC)CCCC.O. The van der Waals surface area contributed by atoms with Crippen LogP contribution in [0.5, 0.6) is 0 Å². The molecule has 0 radical (unpaired) electrons. The highest BCUT2D eigenvalue weighted by atomic mass is 16.5. The minimum absolute atomic E-state index is 0. The minimum Gasteiger partial charge on any atom is -0.501 e. The summed E-state index contributed by atoms with van der Waals surface area (Å²) >= 11 is 0. The van der Waals surface area contributed by atoms with Crippen molar-refractivity contribution < 1.29 is 20.1 Å². The number of aliphatic hydroxyl groups excluding tert-OH is 1. The van der Waals surface area contributed by atoms with Crippen LogP contribution in [0.1, 0.15) is 196 Å². The largest absolute Gasteiger partial charge is 0.501 e. The number of carbonyl (C=O) groups excluding carboxylic acids is 1. The van der Waals surface area contributed by atoms with E-state index in [1.54, 1.807) is 0 Å². The number of rotatable bonds is 27. The predicted octanol–water partition coefficient (Wildman–Crippen LogP) is 11.3. The van der Waals surface area contributed by atoms with E-state index in [0.29, 0.717) is 12.5 Å². The first-order valence-electron chi connectivity index (χ1n) is 17.5. The highest BCUT2D eigenvalue weighted by Crippen LogP contribution is 2.12. The molecule has 0 aromatic heterocycles. The number of hydrogen-bond donors (Lipinski definition) is 1. The fourth-order valence-electron chi connectivity index (χ4n) is 4.30. The second kappa shape index (κ2) is 45.1. The molecule has 3 N–H and O–H groups in total. The first-order chi connectivity index (χ1) is 19.1. The Labute approximate surface area is 252 Å². The number of aldehydes is 1. The van der Waals surface area contributed by atoms with E-state index >= 15 is 0 Å². The minimum atomic E-state index is 0. The van der Waals surface area contributed by atoms with Crippen molar-refractivity contribution in [1.82, 2.24) is 0 Å². The molecular formula is C36H76O4. The molecule has 0 fully saturated rings. The van der Waals surface area contributed by atoms with Crippen LogP contribution in [0.15, 0.2) is 11.8 Å². The molecule has 0 aliphatic rings. The number of hydrogen-bond acceptors (Lipinski definition) is 3. The van der Waals surface area contributed by atoms with Gasteiger partial charge in [0.1, 0.15) is 6.29 Å². The Morgan fingerprint density at radius 1 is 0.625 bits per heavy atom. The Balaban J connectivity index is -0.000000263. The lowest BCUT2D eigenvalue weighted by molar-refractivity contribution is -0.111. The van der Waals surface area contributed by atoms with Gasteiger partial charge in [0.2, 0.25) is 0 Å². The van der Waals surface area contributed by atoms with E-state index in [2.05, 4.69) is 41.5 Å². The van der Waals surface area contributed by atoms with Gasteiger partial charge >= 0.3 is 0 Å². The van der Waals surface area contributed by atoms with Gasteiger partial charge in [-0.25, -0.2) is 0 Å². The van der Waals surface area contributed by atoms with Crippen LogP contribution < -0.4 is 0 Å². The number of allylic oxidation sites excluding steroid dienone is 1. The standard InChI is InChI=1S/C18H36O.C10H22O.C8H16O.H2O/c1-4-7-9-10-11-12-13-14-16-19-17-18(6-3)15-8-5-2;1-2-3-4-5-6-7-8-9-10-11;1-3-5-6-8(4-2)7-9;/h17H,4-16H2,1-3H3;11H,2-10H2,1H3;7-8H,3-6H2,1-2H3;1H2/b18-17+;;;. The number of carbonyl (C=O) groups is 1. The molecule has 0 saturated carbocycles. The van der Waals surface area contributed by atoms with Crippen LogP contribution in [-0.4, -0.2) is 30.1 Å². The highest BCUT2D eigenvalue weighted by Gasteiger charge is 2.01. The number of unbranched alkanes of at least 4 members (excludes halogenated alkanes) is 16. The number of ether oxygens (including phenoxy) is 1. The molecule has 1 atom stereocenters. The van der Waals surface area contributed by atoms with Crippen molar-refractivity contribution >= 4 is 6.29 Å². The van der Waals surface area contributed by atoms with Crippen LogP contribution in [-0.2, 0) is 9.53 Å². The molecule has 0 bridgehead atoms. The zero-order valence-electron chi connectivity index (χ0n) is 28.4. The van der Waals surface area contributed by atoms with Gasteiger partial charge in [-0.15, -0.1) is 0 Å². The van der Waals surface area contributed by atoms with Gasteiger partial charge in [0.25, 0.3) is 0 Å². The van der Waals surface area contributed by atoms with E-state index in [-0.39, 0.29) is 5.48 Å². The molecule has 244 valence electrons. The second-order valence-electron chi connectivity index (χ2n) is 11.2. The molecule has 0 amide bonds. The Morgan fingerprint density at radius 3 is 1.48 bits per heavy atom. The molecule has 0 heterocycles. The fraction of sp³-hybridized carbons (Fsp3) is 0.917. The van der Waals surface area contributed by atoms with E-state index in [1.807, 2.05) is 6.26 Å². The Hall–Kier alpha value is -0.870. The summed E-state index contributed by atoms with van der Waals surface area (Å²) in [5.41, 5.74) is 1.47. The molecule has 0 spiro atoms. The summed E-state index contributed by atoms with van der Waals surface area (Å²) in [6.45, 7) is 14.5. The lowest BCUT2D eigenvalue weighted by Gasteiger charge is -2.06. The van der Waals surface area contributed by atoms with Crippen LogP contribution in [0.3, 0.4) is 0 Å². The van der Waals surface area contributed by atoms with Crippen LogP contribution in [0.2, 0.25) is 0 Å². The molecule has 4 nitrogen and oxygen atoms in total. The molecule has 4 heteroatoms. The average Bonchev–Trinajstić information content (AvgIpc) is 2.96. The summed E-state index contributed by atoms with van der Waals surface area (Å²) in [5, 5.41) is 8.51. The van der Waals surface area contributed by atoms with E-state index in [4.69, 9.17) is 9.84 Å². The fourth-order valence-corrected chi connectivity index (χ4v) is 4.30. The first-order valence-corrected chi connectivity index (χ1v) is 17.5. The van der Waals surface area contributed by atoms with Gasteiger partial charge in [0.15, 0.2) is 0 Å². The maximum absolute atomic E-state index is 10.2. The van der Waals surface area contributed by atoms with Crippen molar-refractivity contribution in [3.05, 3.63) is 11.8 Å². The highest BCUT2D eigenvalue weighted by molar-refractivity contribution is 5.53. The predicted molar refractivity (Wildman–Crippen MR) is 179 cm³/mol. The zero-order valence-corrected chi connectivity index (χ0v) is 28.4. The summed E-state index contributed by atoms with van der Waals surface area (Å²) in [6.07, 6.45) is 33.8. The zero-order chi connectivity index (χ0) is 29.7. The van der Waals surface area contributed by atoms with E-state index < -0.39 is 0 Å². The molecule has 1 unspecified atom stereocenters. The number of aliphatic hydroxyl groups is 1. The maximum Gasteiger partial charge on any atom is 0.123 e. The summed E-state index contributed by atoms with van der Waals surface area (Å²) in [7, 11) is 0. The monoisotopic (exact) mass is 573 g/mol. The normalized spacial score (nSPS) is 11.4. The summed E-state index contributed by atoms with van der Waals surface area (Å²) in [4.78, 5) is 10.2. The van der Waals surface area contributed by atoms with Gasteiger partial charge in [0.05, 0.1) is 12.9 Å². The molecule has 40 heavy (non-hydrogen) atoms. The third-order valence-electron chi connectivity index (χ3n) is 7.33. The average molecular weight is 573 g/mol. The molecule has 0 aromatic carbocycles. The lowest BCUT2D eigenvalue weighted by atomic mass is 10.0. The molecular weight excluding hydrogens is 496 g/mol. The lowest BCUT2D eigenvalue weighted by Crippen LogP contribution is -1.98. The van der Waals surface area contributed by atoms with E-state index in [0.717, 1.165) is 38.6 Å². The summed E-state index contributed by atoms with van der Waals surface area (Å²) in [6, 6.07) is 0. The second-order valence-corrected chi connectivity index (χ2v) is 11.2. The Morgan fingerprint density at radius 2 is 1.07 bits per heavy atom. The molecule has 0 rings (SSSR count). The summed E-state index contributed by atoms with van der Waals surface area (Å²) < 4.78 is 5.67. The van der Waals surface area contributed by atoms with Gasteiger partial charge in [-0.05, 0) is 50.5 Å². The molecule has 0 aliphatic carbocycles. The van der Waals surface area contributed by atoms with Crippen LogP contribution in [0, 0.1) is 5.92 Å². The van der Waals surface area contributed by atoms with Gasteiger partial charge < -0.3 is 20.1 Å². The van der Waals surface area contributed by atoms with Crippen LogP contribution >= 0.6 is 0 Å². The van der Waals surface area contributed by atoms with Crippen molar-refractivity contribution in [2.45, 2.75) is 196 Å². The van der Waals surface area contributed by atoms with Gasteiger partial charge in [-0.1, -0.05) is 151 Å². The van der Waals surface area contributed by atoms with Crippen LogP contribution in [0.4, 0.5) is 0 Å². The van der Waals surface area contributed by atoms with Gasteiger partial charge in [-0.3, -0.25) is 0 Å². The van der Waals surface area contributed by atoms with Gasteiger partial charge in [0, 0.05) is 12.5 Å². The maximum atomic E-state index is 10.2. The first kappa shape index (κ1) is 46.1. The van der Waals surface area contributed by atoms with Crippen molar-refractivity contribution in [2.24, 2.45) is 5.92 Å². The van der Waals surface area contributed by atoms with Crippen molar-refractivity contribution in [1.29, 1.82) is 0 Å². The third-order valence-corrected chi connectivity index (χ3v) is 7.33. The molecule has 0 aromatic rings. The van der Waals surface area contributed by atoms with Gasteiger partial charge in [-0.2, -0.15) is 0 Å². The molecule has 0 aliphatic heterocycles. The smallest absolute Gasteiger partial charge is 0.123 e. The van der Waals surface area contributed by atoms with E-state index in [1.165, 1.54) is 134 Å². The van der Waals surface area contributed by atoms with Crippen molar-refractivity contribution in [3.63, 3.8) is 0 Å². The Bertz CT molecular complexity index is 442. The Kier molecular flexibility index (Phi) is 52.0. The topological polar surface area (TPSA) is 78.0 Å².